The molecular formula is C15H21NO4. The van der Waals surface area contributed by atoms with E-state index in [0.29, 0.717) is 18.8 Å². The summed E-state index contributed by atoms with van der Waals surface area (Å²) >= 11 is 0. The minimum Gasteiger partial charge on any atom is -0.479 e. The highest BCUT2D eigenvalue weighted by molar-refractivity contribution is 5.84. The molecule has 2 N–H and O–H groups in total. The summed E-state index contributed by atoms with van der Waals surface area (Å²) in [5.74, 6) is -1.40. The Balaban J connectivity index is 2.76. The standard InChI is InChI=1S/C15H21NO4/c1-4-20-8-7-13(17)16-14(15(18)19)12-6-5-10(2)11(3)9-12/h5-6,9,14H,4,7-8H2,1-3H3,(H,16,17)(H,18,19). The van der Waals surface area contributed by atoms with Gasteiger partial charge in [0.2, 0.25) is 5.91 Å². The van der Waals surface area contributed by atoms with Gasteiger partial charge in [0, 0.05) is 13.0 Å². The largest absolute Gasteiger partial charge is 0.479 e. The molecule has 0 aliphatic carbocycles. The molecule has 1 atom stereocenters. The summed E-state index contributed by atoms with van der Waals surface area (Å²) < 4.78 is 5.08. The van der Waals surface area contributed by atoms with Crippen molar-refractivity contribution >= 4 is 11.9 Å². The van der Waals surface area contributed by atoms with Crippen molar-refractivity contribution in [2.45, 2.75) is 33.2 Å². The van der Waals surface area contributed by atoms with E-state index in [-0.39, 0.29) is 12.3 Å². The molecular weight excluding hydrogens is 258 g/mol. The maximum atomic E-state index is 11.7. The first-order valence-corrected chi connectivity index (χ1v) is 6.62. The molecule has 20 heavy (non-hydrogen) atoms. The minimum absolute atomic E-state index is 0.155. The number of carbonyl (C=O) groups excluding carboxylic acids is 1. The van der Waals surface area contributed by atoms with Crippen LogP contribution in [0.3, 0.4) is 0 Å². The van der Waals surface area contributed by atoms with Crippen LogP contribution in [0.25, 0.3) is 0 Å². The maximum absolute atomic E-state index is 11.7. The number of amides is 1. The van der Waals surface area contributed by atoms with E-state index in [0.717, 1.165) is 11.1 Å². The number of aliphatic carboxylic acids is 1. The number of carboxylic acid groups (broad SMARTS) is 1. The molecule has 1 aromatic rings. The van der Waals surface area contributed by atoms with E-state index >= 15 is 0 Å². The number of rotatable bonds is 7. The average Bonchev–Trinajstić information content (AvgIpc) is 2.39. The SMILES string of the molecule is CCOCCC(=O)NC(C(=O)O)c1ccc(C)c(C)c1. The molecule has 1 aromatic carbocycles. The molecule has 1 unspecified atom stereocenters. The van der Waals surface area contributed by atoms with E-state index in [2.05, 4.69) is 5.32 Å². The van der Waals surface area contributed by atoms with Gasteiger partial charge in [0.05, 0.1) is 6.61 Å². The second kappa shape index (κ2) is 7.65. The predicted molar refractivity (Wildman–Crippen MR) is 75.5 cm³/mol. The van der Waals surface area contributed by atoms with Crippen LogP contribution in [-0.4, -0.2) is 30.2 Å². The Kier molecular flexibility index (Phi) is 6.18. The van der Waals surface area contributed by atoms with Gasteiger partial charge >= 0.3 is 5.97 Å². The zero-order chi connectivity index (χ0) is 15.1. The van der Waals surface area contributed by atoms with Crippen molar-refractivity contribution in [2.75, 3.05) is 13.2 Å². The van der Waals surface area contributed by atoms with Crippen LogP contribution in [0.5, 0.6) is 0 Å². The van der Waals surface area contributed by atoms with Crippen LogP contribution in [0.1, 0.15) is 36.1 Å². The fraction of sp³-hybridized carbons (Fsp3) is 0.467. The number of nitrogens with one attached hydrogen (secondary N) is 1. The molecule has 0 saturated carbocycles. The summed E-state index contributed by atoms with van der Waals surface area (Å²) in [4.78, 5) is 23.0. The highest BCUT2D eigenvalue weighted by atomic mass is 16.5. The number of hydrogen-bond donors (Lipinski definition) is 2. The van der Waals surface area contributed by atoms with Gasteiger partial charge in [-0.25, -0.2) is 4.79 Å². The van der Waals surface area contributed by atoms with Crippen LogP contribution in [-0.2, 0) is 14.3 Å². The number of carbonyl (C=O) groups is 2. The minimum atomic E-state index is -1.07. The lowest BCUT2D eigenvalue weighted by atomic mass is 10.0. The summed E-state index contributed by atoms with van der Waals surface area (Å²) in [6.45, 7) is 6.53. The van der Waals surface area contributed by atoms with E-state index in [9.17, 15) is 14.7 Å². The fourth-order valence-electron chi connectivity index (χ4n) is 1.77. The number of aryl methyl sites for hydroxylation is 2. The molecule has 5 nitrogen and oxygen atoms in total. The molecule has 0 radical (unpaired) electrons. The van der Waals surface area contributed by atoms with Crippen molar-refractivity contribution in [1.82, 2.24) is 5.32 Å². The number of carboxylic acids is 1. The molecule has 0 aliphatic heterocycles. The zero-order valence-electron chi connectivity index (χ0n) is 12.1. The van der Waals surface area contributed by atoms with Gasteiger partial charge in [-0.05, 0) is 37.5 Å². The summed E-state index contributed by atoms with van der Waals surface area (Å²) in [6, 6.07) is 4.34. The summed E-state index contributed by atoms with van der Waals surface area (Å²) in [5.41, 5.74) is 2.66. The van der Waals surface area contributed by atoms with Gasteiger partial charge in [0.25, 0.3) is 0 Å². The molecule has 0 aromatic heterocycles. The first kappa shape index (κ1) is 16.2. The third-order valence-corrected chi connectivity index (χ3v) is 3.09. The quantitative estimate of drug-likeness (QED) is 0.748. The zero-order valence-corrected chi connectivity index (χ0v) is 12.1. The smallest absolute Gasteiger partial charge is 0.330 e. The number of benzene rings is 1. The van der Waals surface area contributed by atoms with Crippen LogP contribution in [0, 0.1) is 13.8 Å². The third kappa shape index (κ3) is 4.66. The third-order valence-electron chi connectivity index (χ3n) is 3.09. The Morgan fingerprint density at radius 3 is 2.55 bits per heavy atom. The molecule has 5 heteroatoms. The molecule has 110 valence electrons. The molecule has 0 heterocycles. The van der Waals surface area contributed by atoms with E-state index in [1.165, 1.54) is 0 Å². The Labute approximate surface area is 118 Å². The monoisotopic (exact) mass is 279 g/mol. The molecule has 0 aliphatic rings. The summed E-state index contributed by atoms with van der Waals surface area (Å²) in [7, 11) is 0. The first-order chi connectivity index (χ1) is 9.45. The molecule has 0 bridgehead atoms. The van der Waals surface area contributed by atoms with Gasteiger partial charge in [-0.15, -0.1) is 0 Å². The van der Waals surface area contributed by atoms with Gasteiger partial charge in [-0.3, -0.25) is 4.79 Å². The van der Waals surface area contributed by atoms with E-state index in [1.54, 1.807) is 12.1 Å². The van der Waals surface area contributed by atoms with Crippen LogP contribution >= 0.6 is 0 Å². The van der Waals surface area contributed by atoms with Gasteiger partial charge in [-0.1, -0.05) is 18.2 Å². The lowest BCUT2D eigenvalue weighted by Crippen LogP contribution is -2.34. The predicted octanol–water partition coefficient (Wildman–Crippen LogP) is 1.97. The van der Waals surface area contributed by atoms with Gasteiger partial charge in [0.15, 0.2) is 6.04 Å². The normalized spacial score (nSPS) is 11.9. The van der Waals surface area contributed by atoms with Crippen molar-refractivity contribution in [3.63, 3.8) is 0 Å². The Morgan fingerprint density at radius 1 is 1.30 bits per heavy atom. The van der Waals surface area contributed by atoms with Crippen LogP contribution in [0.4, 0.5) is 0 Å². The molecule has 1 rings (SSSR count). The maximum Gasteiger partial charge on any atom is 0.330 e. The second-order valence-corrected chi connectivity index (χ2v) is 4.63. The summed E-state index contributed by atoms with van der Waals surface area (Å²) in [6.07, 6.45) is 0.155. The highest BCUT2D eigenvalue weighted by Crippen LogP contribution is 2.17. The Bertz CT molecular complexity index is 485. The van der Waals surface area contributed by atoms with E-state index in [4.69, 9.17) is 4.74 Å². The molecule has 0 saturated heterocycles. The second-order valence-electron chi connectivity index (χ2n) is 4.63. The van der Waals surface area contributed by atoms with Crippen molar-refractivity contribution in [3.8, 4) is 0 Å². The number of ether oxygens (including phenoxy) is 1. The Morgan fingerprint density at radius 2 is 2.00 bits per heavy atom. The molecule has 0 spiro atoms. The highest BCUT2D eigenvalue weighted by Gasteiger charge is 2.22. The van der Waals surface area contributed by atoms with Crippen LogP contribution in [0.15, 0.2) is 18.2 Å². The first-order valence-electron chi connectivity index (χ1n) is 6.62. The van der Waals surface area contributed by atoms with Crippen molar-refractivity contribution < 1.29 is 19.4 Å². The van der Waals surface area contributed by atoms with Crippen LogP contribution < -0.4 is 5.32 Å². The van der Waals surface area contributed by atoms with Crippen molar-refractivity contribution in [3.05, 3.63) is 34.9 Å². The molecule has 1 amide bonds. The van der Waals surface area contributed by atoms with Gasteiger partial charge in [-0.2, -0.15) is 0 Å². The molecule has 0 fully saturated rings. The van der Waals surface area contributed by atoms with Crippen LogP contribution in [0.2, 0.25) is 0 Å². The summed E-state index contributed by atoms with van der Waals surface area (Å²) in [5, 5.41) is 11.8. The fourth-order valence-corrected chi connectivity index (χ4v) is 1.77. The Hall–Kier alpha value is -1.88. The average molecular weight is 279 g/mol. The van der Waals surface area contributed by atoms with E-state index in [1.807, 2.05) is 26.8 Å². The topological polar surface area (TPSA) is 75.6 Å². The number of hydrogen-bond acceptors (Lipinski definition) is 3. The van der Waals surface area contributed by atoms with Crippen molar-refractivity contribution in [1.29, 1.82) is 0 Å². The van der Waals surface area contributed by atoms with Gasteiger partial charge < -0.3 is 15.2 Å². The van der Waals surface area contributed by atoms with Crippen molar-refractivity contribution in [2.24, 2.45) is 0 Å². The lowest BCUT2D eigenvalue weighted by Gasteiger charge is -2.16. The van der Waals surface area contributed by atoms with Gasteiger partial charge in [0.1, 0.15) is 0 Å². The van der Waals surface area contributed by atoms with E-state index < -0.39 is 12.0 Å². The lowest BCUT2D eigenvalue weighted by molar-refractivity contribution is -0.142.